The number of carbonyl (C=O) groups excluding carboxylic acids is 1. The second-order valence-corrected chi connectivity index (χ2v) is 7.80. The van der Waals surface area contributed by atoms with Gasteiger partial charge in [-0.2, -0.15) is 0 Å². The Hall–Kier alpha value is -2.52. The molecular formula is C24H25NOS. The van der Waals surface area contributed by atoms with Gasteiger partial charge in [0.2, 0.25) is 5.91 Å². The van der Waals surface area contributed by atoms with E-state index in [4.69, 9.17) is 0 Å². The van der Waals surface area contributed by atoms with Crippen molar-refractivity contribution in [1.82, 2.24) is 5.32 Å². The third kappa shape index (κ3) is 5.73. The van der Waals surface area contributed by atoms with Gasteiger partial charge >= 0.3 is 0 Å². The summed E-state index contributed by atoms with van der Waals surface area (Å²) >= 11 is 1.65. The summed E-state index contributed by atoms with van der Waals surface area (Å²) in [4.78, 5) is 12.6. The second-order valence-electron chi connectivity index (χ2n) is 6.81. The molecule has 0 saturated heterocycles. The van der Waals surface area contributed by atoms with Gasteiger partial charge in [0, 0.05) is 5.75 Å². The summed E-state index contributed by atoms with van der Waals surface area (Å²) in [6.45, 7) is 4.22. The van der Waals surface area contributed by atoms with Gasteiger partial charge in [-0.05, 0) is 30.5 Å². The zero-order valence-corrected chi connectivity index (χ0v) is 16.6. The van der Waals surface area contributed by atoms with E-state index in [1.165, 1.54) is 16.7 Å². The molecule has 3 heteroatoms. The third-order valence-corrected chi connectivity index (χ3v) is 5.36. The van der Waals surface area contributed by atoms with E-state index in [0.717, 1.165) is 16.9 Å². The number of hydrogen-bond acceptors (Lipinski definition) is 2. The highest BCUT2D eigenvalue weighted by Gasteiger charge is 2.16. The first kappa shape index (κ1) is 19.2. The molecule has 0 unspecified atom stereocenters. The summed E-state index contributed by atoms with van der Waals surface area (Å²) in [5.74, 6) is 1.35. The van der Waals surface area contributed by atoms with Crippen molar-refractivity contribution in [3.63, 3.8) is 0 Å². The first-order chi connectivity index (χ1) is 13.1. The van der Waals surface area contributed by atoms with E-state index in [1.807, 2.05) is 36.4 Å². The summed E-state index contributed by atoms with van der Waals surface area (Å²) in [6.07, 6.45) is 0. The maximum absolute atomic E-state index is 12.6. The lowest BCUT2D eigenvalue weighted by molar-refractivity contribution is -0.119. The first-order valence-electron chi connectivity index (χ1n) is 9.16. The largest absolute Gasteiger partial charge is 0.344 e. The fraction of sp³-hybridized carbons (Fsp3) is 0.208. The fourth-order valence-electron chi connectivity index (χ4n) is 3.27. The van der Waals surface area contributed by atoms with Gasteiger partial charge in [0.05, 0.1) is 11.8 Å². The van der Waals surface area contributed by atoms with Crippen molar-refractivity contribution in [3.05, 3.63) is 107 Å². The maximum atomic E-state index is 12.6. The van der Waals surface area contributed by atoms with E-state index in [0.29, 0.717) is 5.75 Å². The normalized spacial score (nSPS) is 10.8. The van der Waals surface area contributed by atoms with Crippen molar-refractivity contribution in [1.29, 1.82) is 0 Å². The number of aryl methyl sites for hydroxylation is 2. The number of rotatable bonds is 7. The van der Waals surface area contributed by atoms with Crippen LogP contribution in [0.4, 0.5) is 0 Å². The van der Waals surface area contributed by atoms with Gasteiger partial charge in [0.25, 0.3) is 0 Å². The Kier molecular flexibility index (Phi) is 6.72. The van der Waals surface area contributed by atoms with Gasteiger partial charge in [0.1, 0.15) is 0 Å². The molecule has 3 aromatic carbocycles. The highest BCUT2D eigenvalue weighted by molar-refractivity contribution is 7.99. The minimum absolute atomic E-state index is 0.0575. The van der Waals surface area contributed by atoms with Crippen LogP contribution in [0.15, 0.2) is 78.9 Å². The lowest BCUT2D eigenvalue weighted by Gasteiger charge is -2.20. The molecule has 2 nitrogen and oxygen atoms in total. The molecule has 3 aromatic rings. The van der Waals surface area contributed by atoms with Crippen molar-refractivity contribution in [2.75, 3.05) is 5.75 Å². The van der Waals surface area contributed by atoms with Crippen molar-refractivity contribution in [3.8, 4) is 0 Å². The van der Waals surface area contributed by atoms with Gasteiger partial charge in [0.15, 0.2) is 0 Å². The molecule has 0 bridgehead atoms. The van der Waals surface area contributed by atoms with Crippen LogP contribution >= 0.6 is 11.8 Å². The molecule has 138 valence electrons. The molecule has 1 amide bonds. The number of hydrogen-bond donors (Lipinski definition) is 1. The van der Waals surface area contributed by atoms with Gasteiger partial charge in [-0.15, -0.1) is 11.8 Å². The average Bonchev–Trinajstić information content (AvgIpc) is 2.67. The lowest BCUT2D eigenvalue weighted by atomic mass is 9.99. The zero-order valence-electron chi connectivity index (χ0n) is 15.8. The predicted molar refractivity (Wildman–Crippen MR) is 115 cm³/mol. The summed E-state index contributed by atoms with van der Waals surface area (Å²) in [7, 11) is 0. The van der Waals surface area contributed by atoms with Gasteiger partial charge in [-0.3, -0.25) is 4.79 Å². The van der Waals surface area contributed by atoms with Crippen LogP contribution in [0.2, 0.25) is 0 Å². The van der Waals surface area contributed by atoms with Crippen LogP contribution in [0.25, 0.3) is 0 Å². The van der Waals surface area contributed by atoms with Crippen LogP contribution < -0.4 is 5.32 Å². The van der Waals surface area contributed by atoms with Crippen LogP contribution in [-0.2, 0) is 10.5 Å². The Morgan fingerprint density at radius 2 is 1.37 bits per heavy atom. The molecule has 0 atom stereocenters. The van der Waals surface area contributed by atoms with Crippen LogP contribution in [0.1, 0.15) is 33.9 Å². The van der Waals surface area contributed by atoms with E-state index >= 15 is 0 Å². The number of carbonyl (C=O) groups is 1. The zero-order chi connectivity index (χ0) is 19.1. The number of benzene rings is 3. The number of thioether (sulfide) groups is 1. The summed E-state index contributed by atoms with van der Waals surface area (Å²) in [6, 6.07) is 26.7. The lowest BCUT2D eigenvalue weighted by Crippen LogP contribution is -2.30. The van der Waals surface area contributed by atoms with E-state index in [2.05, 4.69) is 61.6 Å². The van der Waals surface area contributed by atoms with Crippen LogP contribution in [0, 0.1) is 13.8 Å². The SMILES string of the molecule is Cc1cc(C)cc(CSCC(=O)NC(c2ccccc2)c2ccccc2)c1. The number of nitrogens with one attached hydrogen (secondary N) is 1. The van der Waals surface area contributed by atoms with E-state index < -0.39 is 0 Å². The fourth-order valence-corrected chi connectivity index (χ4v) is 4.04. The van der Waals surface area contributed by atoms with Crippen LogP contribution in [-0.4, -0.2) is 11.7 Å². The third-order valence-electron chi connectivity index (χ3n) is 4.35. The van der Waals surface area contributed by atoms with E-state index in [-0.39, 0.29) is 11.9 Å². The molecule has 0 fully saturated rings. The van der Waals surface area contributed by atoms with Crippen molar-refractivity contribution < 1.29 is 4.79 Å². The minimum atomic E-state index is -0.123. The molecule has 3 rings (SSSR count). The average molecular weight is 376 g/mol. The van der Waals surface area contributed by atoms with Crippen LogP contribution in [0.3, 0.4) is 0 Å². The second kappa shape index (κ2) is 9.43. The Morgan fingerprint density at radius 1 is 0.852 bits per heavy atom. The van der Waals surface area contributed by atoms with Gasteiger partial charge < -0.3 is 5.32 Å². The van der Waals surface area contributed by atoms with Gasteiger partial charge in [-0.25, -0.2) is 0 Å². The Bertz CT molecular complexity index is 818. The molecule has 0 saturated carbocycles. The smallest absolute Gasteiger partial charge is 0.230 e. The number of amides is 1. The summed E-state index contributed by atoms with van der Waals surface area (Å²) in [5.41, 5.74) is 5.99. The summed E-state index contributed by atoms with van der Waals surface area (Å²) < 4.78 is 0. The summed E-state index contributed by atoms with van der Waals surface area (Å²) in [5, 5.41) is 3.20. The molecule has 0 aliphatic heterocycles. The molecule has 0 aliphatic carbocycles. The van der Waals surface area contributed by atoms with Crippen molar-refractivity contribution >= 4 is 17.7 Å². The Labute approximate surface area is 166 Å². The molecule has 0 aliphatic rings. The highest BCUT2D eigenvalue weighted by atomic mass is 32.2. The molecule has 0 radical (unpaired) electrons. The molecule has 27 heavy (non-hydrogen) atoms. The molecule has 0 heterocycles. The minimum Gasteiger partial charge on any atom is -0.344 e. The monoisotopic (exact) mass is 375 g/mol. The standard InChI is InChI=1S/C24H25NOS/c1-18-13-19(2)15-20(14-18)16-27-17-23(26)25-24(21-9-5-3-6-10-21)22-11-7-4-8-12-22/h3-15,24H,16-17H2,1-2H3,(H,25,26). The van der Waals surface area contributed by atoms with E-state index in [9.17, 15) is 4.79 Å². The predicted octanol–water partition coefficient (Wildman–Crippen LogP) is 5.44. The maximum Gasteiger partial charge on any atom is 0.230 e. The van der Waals surface area contributed by atoms with E-state index in [1.54, 1.807) is 11.8 Å². The van der Waals surface area contributed by atoms with Gasteiger partial charge in [-0.1, -0.05) is 90.0 Å². The molecule has 1 N–H and O–H groups in total. The van der Waals surface area contributed by atoms with Crippen molar-refractivity contribution in [2.45, 2.75) is 25.6 Å². The topological polar surface area (TPSA) is 29.1 Å². The first-order valence-corrected chi connectivity index (χ1v) is 10.3. The molecule has 0 spiro atoms. The van der Waals surface area contributed by atoms with Crippen molar-refractivity contribution in [2.24, 2.45) is 0 Å². The Balaban J connectivity index is 1.63. The molecule has 0 aromatic heterocycles. The Morgan fingerprint density at radius 3 is 1.89 bits per heavy atom. The quantitative estimate of drug-likeness (QED) is 0.595. The molecular weight excluding hydrogens is 350 g/mol. The van der Waals surface area contributed by atoms with Crippen LogP contribution in [0.5, 0.6) is 0 Å². The highest BCUT2D eigenvalue weighted by Crippen LogP contribution is 2.22.